The summed E-state index contributed by atoms with van der Waals surface area (Å²) < 4.78 is 0.935. The van der Waals surface area contributed by atoms with E-state index in [-0.39, 0.29) is 6.04 Å². The third-order valence-electron chi connectivity index (χ3n) is 3.01. The van der Waals surface area contributed by atoms with Crippen LogP contribution >= 0.6 is 27.5 Å². The fourth-order valence-electron chi connectivity index (χ4n) is 2.11. The summed E-state index contributed by atoms with van der Waals surface area (Å²) >= 11 is 9.49. The molecule has 2 unspecified atom stereocenters. The highest BCUT2D eigenvalue weighted by Crippen LogP contribution is 2.30. The first-order chi connectivity index (χ1) is 7.68. The Morgan fingerprint density at radius 1 is 1.44 bits per heavy atom. The van der Waals surface area contributed by atoms with Crippen LogP contribution in [-0.2, 0) is 0 Å². The Kier molecular flexibility index (Phi) is 4.25. The Bertz CT molecular complexity index is 366. The maximum Gasteiger partial charge on any atom is 0.0957 e. The number of rotatable bonds is 2. The molecule has 0 bridgehead atoms. The minimum atomic E-state index is -0.513. The fourth-order valence-corrected chi connectivity index (χ4v) is 2.89. The highest BCUT2D eigenvalue weighted by Gasteiger charge is 2.24. The van der Waals surface area contributed by atoms with Gasteiger partial charge in [0.15, 0.2) is 0 Å². The van der Waals surface area contributed by atoms with Crippen LogP contribution in [0.25, 0.3) is 0 Å². The topological polar surface area (TPSA) is 32.3 Å². The third kappa shape index (κ3) is 2.77. The van der Waals surface area contributed by atoms with Gasteiger partial charge < -0.3 is 10.4 Å². The molecule has 0 amide bonds. The van der Waals surface area contributed by atoms with Crippen molar-refractivity contribution in [1.29, 1.82) is 0 Å². The molecule has 2 nitrogen and oxygen atoms in total. The van der Waals surface area contributed by atoms with E-state index in [1.807, 2.05) is 18.2 Å². The Hall–Kier alpha value is -0.0900. The van der Waals surface area contributed by atoms with Gasteiger partial charge in [-0.3, -0.25) is 0 Å². The quantitative estimate of drug-likeness (QED) is 0.879. The van der Waals surface area contributed by atoms with Crippen LogP contribution in [0.2, 0.25) is 5.02 Å². The van der Waals surface area contributed by atoms with Crippen LogP contribution in [0.15, 0.2) is 22.7 Å². The monoisotopic (exact) mass is 303 g/mol. The van der Waals surface area contributed by atoms with E-state index < -0.39 is 6.10 Å². The SMILES string of the molecule is OC(c1ccc(Br)cc1Cl)C1CCCCN1. The van der Waals surface area contributed by atoms with Gasteiger partial charge in [-0.2, -0.15) is 0 Å². The summed E-state index contributed by atoms with van der Waals surface area (Å²) in [5.41, 5.74) is 0.810. The van der Waals surface area contributed by atoms with Crippen molar-refractivity contribution in [2.45, 2.75) is 31.4 Å². The standard InChI is InChI=1S/C12H15BrClNO/c13-8-4-5-9(10(14)7-8)12(16)11-3-1-2-6-15-11/h4-5,7,11-12,15-16H,1-3,6H2. The second-order valence-corrected chi connectivity index (χ2v) is 5.49. The lowest BCUT2D eigenvalue weighted by Crippen LogP contribution is -2.38. The number of aliphatic hydroxyl groups is 1. The Balaban J connectivity index is 2.15. The highest BCUT2D eigenvalue weighted by atomic mass is 79.9. The molecule has 1 aromatic rings. The smallest absolute Gasteiger partial charge is 0.0957 e. The molecule has 1 saturated heterocycles. The minimum absolute atomic E-state index is 0.132. The molecule has 2 rings (SSSR count). The van der Waals surface area contributed by atoms with Gasteiger partial charge in [-0.25, -0.2) is 0 Å². The summed E-state index contributed by atoms with van der Waals surface area (Å²) in [5.74, 6) is 0. The Morgan fingerprint density at radius 3 is 2.88 bits per heavy atom. The first-order valence-corrected chi connectivity index (χ1v) is 6.72. The van der Waals surface area contributed by atoms with Gasteiger partial charge in [0.1, 0.15) is 0 Å². The molecule has 16 heavy (non-hydrogen) atoms. The highest BCUT2D eigenvalue weighted by molar-refractivity contribution is 9.10. The van der Waals surface area contributed by atoms with Crippen molar-refractivity contribution in [3.05, 3.63) is 33.3 Å². The molecular formula is C12H15BrClNO. The second-order valence-electron chi connectivity index (χ2n) is 4.17. The van der Waals surface area contributed by atoms with Crippen LogP contribution in [0.4, 0.5) is 0 Å². The number of piperidine rings is 1. The summed E-state index contributed by atoms with van der Waals surface area (Å²) in [6, 6.07) is 5.75. The van der Waals surface area contributed by atoms with Gasteiger partial charge in [-0.05, 0) is 31.5 Å². The van der Waals surface area contributed by atoms with Gasteiger partial charge in [0.25, 0.3) is 0 Å². The summed E-state index contributed by atoms with van der Waals surface area (Å²) in [7, 11) is 0. The van der Waals surface area contributed by atoms with Gasteiger partial charge in [0, 0.05) is 21.1 Å². The molecule has 1 aliphatic rings. The van der Waals surface area contributed by atoms with Gasteiger partial charge in [-0.15, -0.1) is 0 Å². The molecule has 88 valence electrons. The second kappa shape index (κ2) is 5.50. The van der Waals surface area contributed by atoms with Crippen molar-refractivity contribution in [1.82, 2.24) is 5.32 Å². The Labute approximate surface area is 109 Å². The lowest BCUT2D eigenvalue weighted by Gasteiger charge is -2.28. The average molecular weight is 305 g/mol. The van der Waals surface area contributed by atoms with E-state index in [0.29, 0.717) is 5.02 Å². The van der Waals surface area contributed by atoms with Crippen LogP contribution in [0.5, 0.6) is 0 Å². The number of benzene rings is 1. The van der Waals surface area contributed by atoms with Crippen molar-refractivity contribution < 1.29 is 5.11 Å². The average Bonchev–Trinajstić information content (AvgIpc) is 2.29. The molecule has 2 atom stereocenters. The van der Waals surface area contributed by atoms with Gasteiger partial charge in [-0.1, -0.05) is 40.0 Å². The maximum atomic E-state index is 10.3. The molecule has 1 aliphatic heterocycles. The van der Waals surface area contributed by atoms with E-state index in [1.54, 1.807) is 0 Å². The number of hydrogen-bond donors (Lipinski definition) is 2. The molecule has 4 heteroatoms. The first kappa shape index (κ1) is 12.4. The number of aliphatic hydroxyl groups excluding tert-OH is 1. The number of hydrogen-bond acceptors (Lipinski definition) is 2. The van der Waals surface area contributed by atoms with E-state index in [9.17, 15) is 5.11 Å². The van der Waals surface area contributed by atoms with Gasteiger partial charge in [0.05, 0.1) is 6.10 Å². The zero-order valence-electron chi connectivity index (χ0n) is 8.92. The van der Waals surface area contributed by atoms with Crippen molar-refractivity contribution in [2.24, 2.45) is 0 Å². The molecule has 0 spiro atoms. The molecule has 0 aromatic heterocycles. The largest absolute Gasteiger partial charge is 0.387 e. The molecule has 0 radical (unpaired) electrons. The Morgan fingerprint density at radius 2 is 2.25 bits per heavy atom. The number of halogens is 2. The predicted molar refractivity (Wildman–Crippen MR) is 69.8 cm³/mol. The lowest BCUT2D eigenvalue weighted by molar-refractivity contribution is 0.114. The van der Waals surface area contributed by atoms with E-state index >= 15 is 0 Å². The zero-order chi connectivity index (χ0) is 11.5. The van der Waals surface area contributed by atoms with Crippen molar-refractivity contribution in [3.63, 3.8) is 0 Å². The first-order valence-electron chi connectivity index (χ1n) is 5.55. The van der Waals surface area contributed by atoms with Gasteiger partial charge in [0.2, 0.25) is 0 Å². The summed E-state index contributed by atoms with van der Waals surface area (Å²) in [5, 5.41) is 14.2. The molecule has 0 saturated carbocycles. The number of nitrogens with one attached hydrogen (secondary N) is 1. The van der Waals surface area contributed by atoms with Crippen molar-refractivity contribution in [3.8, 4) is 0 Å². The van der Waals surface area contributed by atoms with E-state index in [2.05, 4.69) is 21.2 Å². The molecule has 1 fully saturated rings. The normalized spacial score (nSPS) is 23.1. The molecular weight excluding hydrogens is 289 g/mol. The predicted octanol–water partition coefficient (Wildman–Crippen LogP) is 3.28. The van der Waals surface area contributed by atoms with Crippen LogP contribution in [0.3, 0.4) is 0 Å². The van der Waals surface area contributed by atoms with E-state index in [0.717, 1.165) is 23.0 Å². The zero-order valence-corrected chi connectivity index (χ0v) is 11.3. The van der Waals surface area contributed by atoms with E-state index in [4.69, 9.17) is 11.6 Å². The minimum Gasteiger partial charge on any atom is -0.387 e. The maximum absolute atomic E-state index is 10.3. The third-order valence-corrected chi connectivity index (χ3v) is 3.83. The van der Waals surface area contributed by atoms with Crippen LogP contribution in [0.1, 0.15) is 30.9 Å². The molecule has 1 heterocycles. The summed E-state index contributed by atoms with van der Waals surface area (Å²) in [4.78, 5) is 0. The fraction of sp³-hybridized carbons (Fsp3) is 0.500. The van der Waals surface area contributed by atoms with Gasteiger partial charge >= 0.3 is 0 Å². The van der Waals surface area contributed by atoms with Crippen molar-refractivity contribution in [2.75, 3.05) is 6.54 Å². The molecule has 2 N–H and O–H groups in total. The molecule has 1 aromatic carbocycles. The molecule has 0 aliphatic carbocycles. The van der Waals surface area contributed by atoms with Crippen LogP contribution in [0, 0.1) is 0 Å². The summed E-state index contributed by atoms with van der Waals surface area (Å²) in [6.45, 7) is 0.982. The van der Waals surface area contributed by atoms with E-state index in [1.165, 1.54) is 12.8 Å². The lowest BCUT2D eigenvalue weighted by atomic mass is 9.95. The van der Waals surface area contributed by atoms with Crippen LogP contribution in [-0.4, -0.2) is 17.7 Å². The van der Waals surface area contributed by atoms with Crippen LogP contribution < -0.4 is 5.32 Å². The van der Waals surface area contributed by atoms with Crippen molar-refractivity contribution >= 4 is 27.5 Å². The summed E-state index contributed by atoms with van der Waals surface area (Å²) in [6.07, 6.45) is 2.86.